The molecule has 0 aromatic heterocycles. The number of hydrogen-bond donors (Lipinski definition) is 1. The minimum absolute atomic E-state index is 0.480. The standard InChI is InChI=1S/C14H19N3O/c15-6-5-13-1-3-14(4-2-13)16-7-8-17-9-11-18-12-10-17/h1-4,16H,5,7-12H2. The number of morpholine rings is 1. The molecule has 4 nitrogen and oxygen atoms in total. The van der Waals surface area contributed by atoms with Crippen LogP contribution in [-0.2, 0) is 11.2 Å². The van der Waals surface area contributed by atoms with E-state index in [0.29, 0.717) is 6.42 Å². The second-order valence-electron chi connectivity index (χ2n) is 4.41. The Balaban J connectivity index is 1.71. The average molecular weight is 245 g/mol. The molecule has 4 heteroatoms. The van der Waals surface area contributed by atoms with Crippen LogP contribution in [0.1, 0.15) is 5.56 Å². The number of nitrogens with one attached hydrogen (secondary N) is 1. The highest BCUT2D eigenvalue weighted by Gasteiger charge is 2.08. The molecule has 0 saturated carbocycles. The lowest BCUT2D eigenvalue weighted by atomic mass is 10.1. The van der Waals surface area contributed by atoms with E-state index in [4.69, 9.17) is 10.00 Å². The average Bonchev–Trinajstić information content (AvgIpc) is 2.42. The summed E-state index contributed by atoms with van der Waals surface area (Å²) in [5.41, 5.74) is 2.18. The Labute approximate surface area is 108 Å². The lowest BCUT2D eigenvalue weighted by Crippen LogP contribution is -2.38. The lowest BCUT2D eigenvalue weighted by molar-refractivity contribution is 0.0398. The van der Waals surface area contributed by atoms with Crippen molar-refractivity contribution >= 4 is 5.69 Å². The topological polar surface area (TPSA) is 48.3 Å². The monoisotopic (exact) mass is 245 g/mol. The number of nitriles is 1. The van der Waals surface area contributed by atoms with Crippen LogP contribution in [0.3, 0.4) is 0 Å². The van der Waals surface area contributed by atoms with Crippen LogP contribution in [-0.4, -0.2) is 44.3 Å². The zero-order valence-electron chi connectivity index (χ0n) is 10.6. The predicted molar refractivity (Wildman–Crippen MR) is 71.5 cm³/mol. The van der Waals surface area contributed by atoms with Gasteiger partial charge in [-0.3, -0.25) is 4.90 Å². The van der Waals surface area contributed by atoms with Crippen molar-refractivity contribution in [1.82, 2.24) is 4.90 Å². The lowest BCUT2D eigenvalue weighted by Gasteiger charge is -2.26. The van der Waals surface area contributed by atoms with Crippen LogP contribution in [0.15, 0.2) is 24.3 Å². The van der Waals surface area contributed by atoms with Crippen LogP contribution in [0.4, 0.5) is 5.69 Å². The Morgan fingerprint density at radius 3 is 2.61 bits per heavy atom. The summed E-state index contributed by atoms with van der Waals surface area (Å²) in [6.45, 7) is 5.75. The van der Waals surface area contributed by atoms with Crippen LogP contribution in [0, 0.1) is 11.3 Å². The van der Waals surface area contributed by atoms with Gasteiger partial charge in [-0.15, -0.1) is 0 Å². The van der Waals surface area contributed by atoms with E-state index in [1.54, 1.807) is 0 Å². The molecule has 1 saturated heterocycles. The fourth-order valence-corrected chi connectivity index (χ4v) is 2.01. The fourth-order valence-electron chi connectivity index (χ4n) is 2.01. The Morgan fingerprint density at radius 2 is 1.94 bits per heavy atom. The van der Waals surface area contributed by atoms with Gasteiger partial charge in [-0.25, -0.2) is 0 Å². The molecule has 1 aromatic rings. The van der Waals surface area contributed by atoms with Gasteiger partial charge in [0.1, 0.15) is 0 Å². The molecule has 1 N–H and O–H groups in total. The van der Waals surface area contributed by atoms with E-state index in [1.165, 1.54) is 0 Å². The van der Waals surface area contributed by atoms with Crippen LogP contribution in [0.5, 0.6) is 0 Å². The van der Waals surface area contributed by atoms with E-state index < -0.39 is 0 Å². The molecule has 0 spiro atoms. The molecule has 1 heterocycles. The fraction of sp³-hybridized carbons (Fsp3) is 0.500. The van der Waals surface area contributed by atoms with Gasteiger partial charge in [-0.05, 0) is 17.7 Å². The normalized spacial score (nSPS) is 16.2. The van der Waals surface area contributed by atoms with Crippen molar-refractivity contribution in [3.63, 3.8) is 0 Å². The first-order valence-electron chi connectivity index (χ1n) is 6.38. The molecule has 1 aromatic carbocycles. The van der Waals surface area contributed by atoms with Gasteiger partial charge in [0, 0.05) is 31.9 Å². The molecule has 1 fully saturated rings. The first-order chi connectivity index (χ1) is 8.88. The molecule has 0 aliphatic carbocycles. The van der Waals surface area contributed by atoms with Gasteiger partial charge in [0.05, 0.1) is 25.7 Å². The summed E-state index contributed by atoms with van der Waals surface area (Å²) in [5, 5.41) is 12.0. The summed E-state index contributed by atoms with van der Waals surface area (Å²) < 4.78 is 5.31. The smallest absolute Gasteiger partial charge is 0.0669 e. The van der Waals surface area contributed by atoms with E-state index in [0.717, 1.165) is 50.6 Å². The maximum absolute atomic E-state index is 8.59. The molecule has 2 rings (SSSR count). The van der Waals surface area contributed by atoms with E-state index in [2.05, 4.69) is 16.3 Å². The Bertz CT molecular complexity index is 390. The zero-order chi connectivity index (χ0) is 12.6. The molecular formula is C14H19N3O. The van der Waals surface area contributed by atoms with Crippen molar-refractivity contribution in [2.24, 2.45) is 0 Å². The largest absolute Gasteiger partial charge is 0.384 e. The van der Waals surface area contributed by atoms with Gasteiger partial charge in [0.2, 0.25) is 0 Å². The number of hydrogen-bond acceptors (Lipinski definition) is 4. The van der Waals surface area contributed by atoms with E-state index in [9.17, 15) is 0 Å². The number of ether oxygens (including phenoxy) is 1. The van der Waals surface area contributed by atoms with Crippen molar-refractivity contribution in [2.75, 3.05) is 44.7 Å². The van der Waals surface area contributed by atoms with Crippen molar-refractivity contribution in [1.29, 1.82) is 5.26 Å². The minimum atomic E-state index is 0.480. The molecule has 0 atom stereocenters. The third-order valence-corrected chi connectivity index (χ3v) is 3.10. The summed E-state index contributed by atoms with van der Waals surface area (Å²) in [4.78, 5) is 2.40. The summed E-state index contributed by atoms with van der Waals surface area (Å²) in [7, 11) is 0. The second kappa shape index (κ2) is 7.00. The Hall–Kier alpha value is -1.57. The summed E-state index contributed by atoms with van der Waals surface area (Å²) in [6, 6.07) is 10.2. The molecule has 18 heavy (non-hydrogen) atoms. The zero-order valence-corrected chi connectivity index (χ0v) is 10.6. The van der Waals surface area contributed by atoms with Crippen LogP contribution in [0.2, 0.25) is 0 Å². The van der Waals surface area contributed by atoms with Gasteiger partial charge in [0.15, 0.2) is 0 Å². The van der Waals surface area contributed by atoms with Crippen molar-refractivity contribution in [3.05, 3.63) is 29.8 Å². The maximum Gasteiger partial charge on any atom is 0.0669 e. The maximum atomic E-state index is 8.59. The van der Waals surface area contributed by atoms with Gasteiger partial charge >= 0.3 is 0 Å². The highest BCUT2D eigenvalue weighted by atomic mass is 16.5. The second-order valence-corrected chi connectivity index (χ2v) is 4.41. The predicted octanol–water partition coefficient (Wildman–Crippen LogP) is 1.50. The third-order valence-electron chi connectivity index (χ3n) is 3.10. The molecule has 0 unspecified atom stereocenters. The van der Waals surface area contributed by atoms with Crippen LogP contribution in [0.25, 0.3) is 0 Å². The first kappa shape index (κ1) is 12.9. The number of benzene rings is 1. The summed E-state index contributed by atoms with van der Waals surface area (Å²) >= 11 is 0. The van der Waals surface area contributed by atoms with E-state index in [1.807, 2.05) is 24.3 Å². The Kier molecular flexibility index (Phi) is 5.00. The van der Waals surface area contributed by atoms with Gasteiger partial charge in [0.25, 0.3) is 0 Å². The van der Waals surface area contributed by atoms with Crippen LogP contribution >= 0.6 is 0 Å². The quantitative estimate of drug-likeness (QED) is 0.854. The number of anilines is 1. The molecular weight excluding hydrogens is 226 g/mol. The van der Waals surface area contributed by atoms with Crippen LogP contribution < -0.4 is 5.32 Å². The first-order valence-corrected chi connectivity index (χ1v) is 6.38. The van der Waals surface area contributed by atoms with Crippen molar-refractivity contribution < 1.29 is 4.74 Å². The highest BCUT2D eigenvalue weighted by molar-refractivity contribution is 5.44. The minimum Gasteiger partial charge on any atom is -0.384 e. The van der Waals surface area contributed by atoms with E-state index >= 15 is 0 Å². The highest BCUT2D eigenvalue weighted by Crippen LogP contribution is 2.09. The van der Waals surface area contributed by atoms with Crippen molar-refractivity contribution in [3.8, 4) is 6.07 Å². The van der Waals surface area contributed by atoms with Gasteiger partial charge in [-0.2, -0.15) is 5.26 Å². The van der Waals surface area contributed by atoms with E-state index in [-0.39, 0.29) is 0 Å². The summed E-state index contributed by atoms with van der Waals surface area (Å²) in [5.74, 6) is 0. The molecule has 0 bridgehead atoms. The molecule has 96 valence electrons. The SMILES string of the molecule is N#CCc1ccc(NCCN2CCOCC2)cc1. The molecule has 1 aliphatic rings. The Morgan fingerprint density at radius 1 is 1.22 bits per heavy atom. The molecule has 1 aliphatic heterocycles. The van der Waals surface area contributed by atoms with Gasteiger partial charge < -0.3 is 10.1 Å². The molecule has 0 radical (unpaired) electrons. The van der Waals surface area contributed by atoms with Gasteiger partial charge in [-0.1, -0.05) is 12.1 Å². The number of rotatable bonds is 5. The number of nitrogens with zero attached hydrogens (tertiary/aromatic N) is 2. The summed E-state index contributed by atoms with van der Waals surface area (Å²) in [6.07, 6.45) is 0.480. The molecule has 0 amide bonds. The third kappa shape index (κ3) is 4.02. The van der Waals surface area contributed by atoms with Crippen molar-refractivity contribution in [2.45, 2.75) is 6.42 Å².